The first-order chi connectivity index (χ1) is 4.64. The molecule has 0 spiro atoms. The van der Waals surface area contributed by atoms with Crippen LogP contribution in [0.2, 0.25) is 0 Å². The number of hydrogen-bond acceptors (Lipinski definition) is 0. The van der Waals surface area contributed by atoms with Crippen LogP contribution >= 0.6 is 0 Å². The second-order valence-electron chi connectivity index (χ2n) is 2.95. The first-order valence-electron chi connectivity index (χ1n) is 3.71. The molecule has 0 aromatic rings. The lowest BCUT2D eigenvalue weighted by Crippen LogP contribution is -2.15. The third-order valence-corrected chi connectivity index (χ3v) is 1.82. The summed E-state index contributed by atoms with van der Waals surface area (Å²) in [6, 6.07) is 0. The molecule has 1 aliphatic carbocycles. The summed E-state index contributed by atoms with van der Waals surface area (Å²) < 4.78 is 13.0. The van der Waals surface area contributed by atoms with E-state index < -0.39 is 5.67 Å². The van der Waals surface area contributed by atoms with Gasteiger partial charge in [0.15, 0.2) is 0 Å². The minimum absolute atomic E-state index is 0.534. The number of halogens is 1. The molecule has 0 aliphatic heterocycles. The van der Waals surface area contributed by atoms with Gasteiger partial charge in [-0.05, 0) is 19.4 Å². The van der Waals surface area contributed by atoms with E-state index in [1.165, 1.54) is 5.57 Å². The Kier molecular flexibility index (Phi) is 1.93. The van der Waals surface area contributed by atoms with Gasteiger partial charge >= 0.3 is 0 Å². The SMILES string of the molecule is CCC1=CCC(C)(F)C=C1. The van der Waals surface area contributed by atoms with E-state index in [1.807, 2.05) is 12.2 Å². The number of allylic oxidation sites excluding steroid dienone is 4. The van der Waals surface area contributed by atoms with E-state index in [1.54, 1.807) is 13.0 Å². The molecule has 0 radical (unpaired) electrons. The fraction of sp³-hybridized carbons (Fsp3) is 0.556. The molecule has 0 amide bonds. The molecule has 1 heteroatoms. The maximum absolute atomic E-state index is 13.0. The Balaban J connectivity index is 2.63. The predicted octanol–water partition coefficient (Wildman–Crippen LogP) is 3.01. The number of rotatable bonds is 1. The van der Waals surface area contributed by atoms with Gasteiger partial charge in [0.2, 0.25) is 0 Å². The summed E-state index contributed by atoms with van der Waals surface area (Å²) in [5, 5.41) is 0. The normalized spacial score (nSPS) is 32.1. The van der Waals surface area contributed by atoms with Crippen LogP contribution in [0, 0.1) is 0 Å². The quantitative estimate of drug-likeness (QED) is 0.525. The molecule has 1 aliphatic rings. The van der Waals surface area contributed by atoms with Crippen molar-refractivity contribution in [2.45, 2.75) is 32.4 Å². The summed E-state index contributed by atoms with van der Waals surface area (Å²) in [5.74, 6) is 0. The third kappa shape index (κ3) is 1.69. The molecule has 0 bridgehead atoms. The van der Waals surface area contributed by atoms with E-state index in [4.69, 9.17) is 0 Å². The Bertz CT molecular complexity index is 175. The molecular weight excluding hydrogens is 127 g/mol. The zero-order valence-corrected chi connectivity index (χ0v) is 6.52. The maximum Gasteiger partial charge on any atom is 0.130 e. The highest BCUT2D eigenvalue weighted by Crippen LogP contribution is 2.24. The highest BCUT2D eigenvalue weighted by Gasteiger charge is 2.19. The Morgan fingerprint density at radius 3 is 2.80 bits per heavy atom. The third-order valence-electron chi connectivity index (χ3n) is 1.82. The Hall–Kier alpha value is -0.590. The summed E-state index contributed by atoms with van der Waals surface area (Å²) in [6.07, 6.45) is 7.04. The fourth-order valence-electron chi connectivity index (χ4n) is 1.01. The molecule has 10 heavy (non-hydrogen) atoms. The second-order valence-corrected chi connectivity index (χ2v) is 2.95. The fourth-order valence-corrected chi connectivity index (χ4v) is 1.01. The van der Waals surface area contributed by atoms with E-state index >= 15 is 0 Å². The first kappa shape index (κ1) is 7.52. The molecule has 1 atom stereocenters. The van der Waals surface area contributed by atoms with Crippen LogP contribution in [0.4, 0.5) is 4.39 Å². The highest BCUT2D eigenvalue weighted by atomic mass is 19.1. The van der Waals surface area contributed by atoms with Gasteiger partial charge in [0.25, 0.3) is 0 Å². The lowest BCUT2D eigenvalue weighted by molar-refractivity contribution is 0.258. The summed E-state index contributed by atoms with van der Waals surface area (Å²) in [6.45, 7) is 3.68. The second kappa shape index (κ2) is 2.57. The largest absolute Gasteiger partial charge is 0.239 e. The van der Waals surface area contributed by atoms with Gasteiger partial charge in [0, 0.05) is 6.42 Å². The summed E-state index contributed by atoms with van der Waals surface area (Å²) >= 11 is 0. The molecule has 1 unspecified atom stereocenters. The van der Waals surface area contributed by atoms with Crippen molar-refractivity contribution in [1.29, 1.82) is 0 Å². The summed E-state index contributed by atoms with van der Waals surface area (Å²) in [5.41, 5.74) is 0.147. The van der Waals surface area contributed by atoms with Crippen molar-refractivity contribution in [1.82, 2.24) is 0 Å². The average molecular weight is 140 g/mol. The van der Waals surface area contributed by atoms with E-state index in [-0.39, 0.29) is 0 Å². The van der Waals surface area contributed by atoms with Crippen molar-refractivity contribution < 1.29 is 4.39 Å². The molecule has 0 saturated heterocycles. The highest BCUT2D eigenvalue weighted by molar-refractivity contribution is 5.26. The van der Waals surface area contributed by atoms with Crippen LogP contribution in [0.25, 0.3) is 0 Å². The van der Waals surface area contributed by atoms with Gasteiger partial charge in [-0.1, -0.05) is 24.6 Å². The van der Waals surface area contributed by atoms with Crippen LogP contribution in [0.1, 0.15) is 26.7 Å². The van der Waals surface area contributed by atoms with Crippen LogP contribution < -0.4 is 0 Å². The van der Waals surface area contributed by atoms with E-state index in [0.717, 1.165) is 6.42 Å². The van der Waals surface area contributed by atoms with Crippen LogP contribution in [-0.2, 0) is 0 Å². The van der Waals surface area contributed by atoms with Crippen molar-refractivity contribution in [3.05, 3.63) is 23.8 Å². The predicted molar refractivity (Wildman–Crippen MR) is 41.6 cm³/mol. The maximum atomic E-state index is 13.0. The topological polar surface area (TPSA) is 0 Å². The van der Waals surface area contributed by atoms with Crippen LogP contribution in [0.5, 0.6) is 0 Å². The van der Waals surface area contributed by atoms with E-state index in [9.17, 15) is 4.39 Å². The lowest BCUT2D eigenvalue weighted by atomic mass is 9.95. The molecule has 0 heterocycles. The van der Waals surface area contributed by atoms with Gasteiger partial charge in [-0.3, -0.25) is 0 Å². The van der Waals surface area contributed by atoms with Gasteiger partial charge in [-0.2, -0.15) is 0 Å². The van der Waals surface area contributed by atoms with E-state index in [2.05, 4.69) is 6.92 Å². The monoisotopic (exact) mass is 140 g/mol. The van der Waals surface area contributed by atoms with Gasteiger partial charge in [0.05, 0.1) is 0 Å². The molecule has 1 rings (SSSR count). The standard InChI is InChI=1S/C9H13F/c1-3-8-4-6-9(2,10)7-5-8/h4-6H,3,7H2,1-2H3. The Morgan fingerprint density at radius 2 is 2.40 bits per heavy atom. The summed E-state index contributed by atoms with van der Waals surface area (Å²) in [4.78, 5) is 0. The molecule has 0 fully saturated rings. The Labute approximate surface area is 61.4 Å². The van der Waals surface area contributed by atoms with Crippen LogP contribution in [0.15, 0.2) is 23.8 Å². The number of hydrogen-bond donors (Lipinski definition) is 0. The van der Waals surface area contributed by atoms with Crippen molar-refractivity contribution in [3.8, 4) is 0 Å². The van der Waals surface area contributed by atoms with Gasteiger partial charge in [0.1, 0.15) is 5.67 Å². The first-order valence-corrected chi connectivity index (χ1v) is 3.71. The van der Waals surface area contributed by atoms with Crippen molar-refractivity contribution in [2.24, 2.45) is 0 Å². The number of alkyl halides is 1. The molecule has 0 nitrogen and oxygen atoms in total. The molecule has 0 saturated carbocycles. The van der Waals surface area contributed by atoms with Crippen molar-refractivity contribution >= 4 is 0 Å². The lowest BCUT2D eigenvalue weighted by Gasteiger charge is -2.17. The van der Waals surface area contributed by atoms with Gasteiger partial charge in [-0.15, -0.1) is 0 Å². The van der Waals surface area contributed by atoms with Crippen LogP contribution in [0.3, 0.4) is 0 Å². The summed E-state index contributed by atoms with van der Waals surface area (Å²) in [7, 11) is 0. The van der Waals surface area contributed by atoms with Gasteiger partial charge in [-0.25, -0.2) is 4.39 Å². The van der Waals surface area contributed by atoms with Crippen LogP contribution in [-0.4, -0.2) is 5.67 Å². The smallest absolute Gasteiger partial charge is 0.130 e. The molecule has 0 N–H and O–H groups in total. The van der Waals surface area contributed by atoms with E-state index in [0.29, 0.717) is 6.42 Å². The van der Waals surface area contributed by atoms with Crippen molar-refractivity contribution in [3.63, 3.8) is 0 Å². The molecule has 0 aromatic heterocycles. The molecule has 56 valence electrons. The minimum atomic E-state index is -1.10. The Morgan fingerprint density at radius 1 is 1.70 bits per heavy atom. The minimum Gasteiger partial charge on any atom is -0.239 e. The molecule has 0 aromatic carbocycles. The zero-order chi connectivity index (χ0) is 7.61. The average Bonchev–Trinajstić information content (AvgIpc) is 1.88. The zero-order valence-electron chi connectivity index (χ0n) is 6.52. The van der Waals surface area contributed by atoms with Crippen molar-refractivity contribution in [2.75, 3.05) is 0 Å². The van der Waals surface area contributed by atoms with Gasteiger partial charge < -0.3 is 0 Å². The molecular formula is C9H13F.